The minimum Gasteiger partial charge on any atom is -0.464 e. The number of carbonyl (C=O) groups is 2. The van der Waals surface area contributed by atoms with Crippen molar-refractivity contribution in [3.8, 4) is 0 Å². The molecule has 0 aromatic rings. The summed E-state index contributed by atoms with van der Waals surface area (Å²) in [4.78, 5) is 23.0. The molecule has 0 bridgehead atoms. The molecule has 1 aliphatic rings. The maximum atomic E-state index is 11.7. The standard InChI is InChI=1S/C13H24N2O4/c1-3-19-12(17)10(14)11(16)15-8-13(18)6-4-5-9(2)7-13/h9-10,18H,3-8,14H2,1-2H3,(H,15,16). The zero-order valence-corrected chi connectivity index (χ0v) is 11.6. The number of rotatable bonds is 5. The smallest absolute Gasteiger partial charge is 0.332 e. The van der Waals surface area contributed by atoms with E-state index in [0.717, 1.165) is 12.8 Å². The van der Waals surface area contributed by atoms with Gasteiger partial charge in [-0.1, -0.05) is 19.8 Å². The first-order valence-corrected chi connectivity index (χ1v) is 6.80. The molecule has 1 saturated carbocycles. The van der Waals surface area contributed by atoms with Gasteiger partial charge >= 0.3 is 5.97 Å². The monoisotopic (exact) mass is 272 g/mol. The third-order valence-electron chi connectivity index (χ3n) is 3.48. The van der Waals surface area contributed by atoms with Gasteiger partial charge in [0.05, 0.1) is 12.2 Å². The van der Waals surface area contributed by atoms with E-state index >= 15 is 0 Å². The summed E-state index contributed by atoms with van der Waals surface area (Å²) >= 11 is 0. The third-order valence-corrected chi connectivity index (χ3v) is 3.48. The lowest BCUT2D eigenvalue weighted by molar-refractivity contribution is -0.148. The molecule has 4 N–H and O–H groups in total. The number of nitrogens with two attached hydrogens (primary N) is 1. The van der Waals surface area contributed by atoms with Gasteiger partial charge in [-0.15, -0.1) is 0 Å². The number of amides is 1. The average molecular weight is 272 g/mol. The Balaban J connectivity index is 2.42. The van der Waals surface area contributed by atoms with Gasteiger partial charge in [0.15, 0.2) is 6.04 Å². The normalized spacial score (nSPS) is 28.5. The summed E-state index contributed by atoms with van der Waals surface area (Å²) in [6.45, 7) is 4.04. The molecule has 0 saturated heterocycles. The van der Waals surface area contributed by atoms with Crippen molar-refractivity contribution in [2.45, 2.75) is 51.2 Å². The maximum Gasteiger partial charge on any atom is 0.332 e. The molecule has 1 amide bonds. The van der Waals surface area contributed by atoms with Crippen LogP contribution in [0.1, 0.15) is 39.5 Å². The van der Waals surface area contributed by atoms with Gasteiger partial charge in [-0.05, 0) is 25.7 Å². The van der Waals surface area contributed by atoms with Gasteiger partial charge in [0.1, 0.15) is 0 Å². The highest BCUT2D eigenvalue weighted by atomic mass is 16.5. The second-order valence-corrected chi connectivity index (χ2v) is 5.37. The van der Waals surface area contributed by atoms with Crippen molar-refractivity contribution in [3.63, 3.8) is 0 Å². The van der Waals surface area contributed by atoms with Crippen LogP contribution in [-0.2, 0) is 14.3 Å². The van der Waals surface area contributed by atoms with Crippen LogP contribution in [0, 0.1) is 5.92 Å². The fraction of sp³-hybridized carbons (Fsp3) is 0.846. The Morgan fingerprint density at radius 3 is 2.84 bits per heavy atom. The summed E-state index contributed by atoms with van der Waals surface area (Å²) < 4.78 is 4.67. The molecular weight excluding hydrogens is 248 g/mol. The van der Waals surface area contributed by atoms with Gasteiger partial charge in [0, 0.05) is 6.54 Å². The Hall–Kier alpha value is -1.14. The van der Waals surface area contributed by atoms with Crippen molar-refractivity contribution in [1.29, 1.82) is 0 Å². The van der Waals surface area contributed by atoms with Gasteiger partial charge in [-0.25, -0.2) is 4.79 Å². The minimum absolute atomic E-state index is 0.128. The molecule has 0 spiro atoms. The summed E-state index contributed by atoms with van der Waals surface area (Å²) in [5.74, 6) is -0.913. The number of hydrogen-bond donors (Lipinski definition) is 3. The van der Waals surface area contributed by atoms with Crippen molar-refractivity contribution >= 4 is 11.9 Å². The highest BCUT2D eigenvalue weighted by molar-refractivity contribution is 6.01. The van der Waals surface area contributed by atoms with Crippen molar-refractivity contribution in [1.82, 2.24) is 5.32 Å². The molecule has 0 aromatic heterocycles. The molecule has 1 fully saturated rings. The summed E-state index contributed by atoms with van der Waals surface area (Å²) in [6, 6.07) is -1.33. The molecule has 110 valence electrons. The van der Waals surface area contributed by atoms with Crippen LogP contribution < -0.4 is 11.1 Å². The first-order valence-electron chi connectivity index (χ1n) is 6.80. The van der Waals surface area contributed by atoms with E-state index in [0.29, 0.717) is 18.8 Å². The molecule has 3 atom stereocenters. The SMILES string of the molecule is CCOC(=O)C(N)C(=O)NCC1(O)CCCC(C)C1. The van der Waals surface area contributed by atoms with Crippen molar-refractivity contribution in [2.75, 3.05) is 13.2 Å². The van der Waals surface area contributed by atoms with E-state index in [1.807, 2.05) is 0 Å². The zero-order valence-electron chi connectivity index (χ0n) is 11.6. The quantitative estimate of drug-likeness (QED) is 0.480. The molecule has 3 unspecified atom stereocenters. The Labute approximate surface area is 113 Å². The average Bonchev–Trinajstić information content (AvgIpc) is 2.35. The van der Waals surface area contributed by atoms with E-state index in [-0.39, 0.29) is 13.2 Å². The maximum absolute atomic E-state index is 11.7. The predicted molar refractivity (Wildman–Crippen MR) is 70.2 cm³/mol. The van der Waals surface area contributed by atoms with Crippen molar-refractivity contribution in [2.24, 2.45) is 11.7 Å². The van der Waals surface area contributed by atoms with Gasteiger partial charge in [-0.2, -0.15) is 0 Å². The molecule has 1 aliphatic carbocycles. The lowest BCUT2D eigenvalue weighted by Gasteiger charge is -2.35. The summed E-state index contributed by atoms with van der Waals surface area (Å²) in [5.41, 5.74) is 4.58. The molecule has 6 nitrogen and oxygen atoms in total. The molecule has 19 heavy (non-hydrogen) atoms. The lowest BCUT2D eigenvalue weighted by Crippen LogP contribution is -2.52. The molecule has 0 aromatic carbocycles. The number of esters is 1. The van der Waals surface area contributed by atoms with E-state index in [9.17, 15) is 14.7 Å². The zero-order chi connectivity index (χ0) is 14.5. The lowest BCUT2D eigenvalue weighted by atomic mass is 9.79. The number of nitrogens with one attached hydrogen (secondary N) is 1. The van der Waals surface area contributed by atoms with Crippen LogP contribution in [0.5, 0.6) is 0 Å². The Morgan fingerprint density at radius 1 is 1.58 bits per heavy atom. The Morgan fingerprint density at radius 2 is 2.26 bits per heavy atom. The van der Waals surface area contributed by atoms with Gasteiger partial charge in [-0.3, -0.25) is 4.79 Å². The van der Waals surface area contributed by atoms with Gasteiger partial charge in [0.2, 0.25) is 5.91 Å². The largest absolute Gasteiger partial charge is 0.464 e. The number of aliphatic hydroxyl groups is 1. The number of carbonyl (C=O) groups excluding carboxylic acids is 2. The molecule has 0 radical (unpaired) electrons. The number of hydrogen-bond acceptors (Lipinski definition) is 5. The fourth-order valence-electron chi connectivity index (χ4n) is 2.49. The topological polar surface area (TPSA) is 102 Å². The van der Waals surface area contributed by atoms with Crippen LogP contribution in [-0.4, -0.2) is 41.8 Å². The third kappa shape index (κ3) is 4.80. The summed E-state index contributed by atoms with van der Waals surface area (Å²) in [6.07, 6.45) is 3.35. The van der Waals surface area contributed by atoms with Crippen LogP contribution in [0.3, 0.4) is 0 Å². The molecule has 1 rings (SSSR count). The Kier molecular flexibility index (Phi) is 5.75. The molecule has 6 heteroatoms. The summed E-state index contributed by atoms with van der Waals surface area (Å²) in [7, 11) is 0. The van der Waals surface area contributed by atoms with Crippen molar-refractivity contribution < 1.29 is 19.4 Å². The van der Waals surface area contributed by atoms with Crippen LogP contribution in [0.2, 0.25) is 0 Å². The second kappa shape index (κ2) is 6.86. The van der Waals surface area contributed by atoms with Gasteiger partial charge in [0.25, 0.3) is 0 Å². The predicted octanol–water partition coefficient (Wildman–Crippen LogP) is -0.0658. The molecule has 0 heterocycles. The van der Waals surface area contributed by atoms with Crippen LogP contribution in [0.25, 0.3) is 0 Å². The number of ether oxygens (including phenoxy) is 1. The van der Waals surface area contributed by atoms with E-state index in [1.54, 1.807) is 6.92 Å². The van der Waals surface area contributed by atoms with Crippen LogP contribution >= 0.6 is 0 Å². The van der Waals surface area contributed by atoms with Crippen LogP contribution in [0.15, 0.2) is 0 Å². The fourth-order valence-corrected chi connectivity index (χ4v) is 2.49. The first-order chi connectivity index (χ1) is 8.88. The van der Waals surface area contributed by atoms with E-state index in [1.165, 1.54) is 0 Å². The van der Waals surface area contributed by atoms with E-state index in [4.69, 9.17) is 5.73 Å². The second-order valence-electron chi connectivity index (χ2n) is 5.37. The van der Waals surface area contributed by atoms with E-state index in [2.05, 4.69) is 17.0 Å². The van der Waals surface area contributed by atoms with Crippen LogP contribution in [0.4, 0.5) is 0 Å². The minimum atomic E-state index is -1.33. The van der Waals surface area contributed by atoms with Crippen molar-refractivity contribution in [3.05, 3.63) is 0 Å². The van der Waals surface area contributed by atoms with Gasteiger partial charge < -0.3 is 20.9 Å². The molecule has 0 aliphatic heterocycles. The Bertz CT molecular complexity index is 335. The molecular formula is C13H24N2O4. The van der Waals surface area contributed by atoms with E-state index < -0.39 is 23.5 Å². The first kappa shape index (κ1) is 15.9. The highest BCUT2D eigenvalue weighted by Crippen LogP contribution is 2.31. The highest BCUT2D eigenvalue weighted by Gasteiger charge is 2.34. The summed E-state index contributed by atoms with van der Waals surface area (Å²) in [5, 5.41) is 12.9.